The molecule has 1 saturated heterocycles. The molecule has 2 aromatic rings. The van der Waals surface area contributed by atoms with Gasteiger partial charge in [0.1, 0.15) is 10.1 Å². The van der Waals surface area contributed by atoms with E-state index in [4.69, 9.17) is 12.2 Å². The van der Waals surface area contributed by atoms with E-state index in [-0.39, 0.29) is 17.3 Å². The Bertz CT molecular complexity index is 1020. The highest BCUT2D eigenvalue weighted by Crippen LogP contribution is 2.35. The predicted octanol–water partition coefficient (Wildman–Crippen LogP) is 5.66. The molecule has 1 fully saturated rings. The third-order valence-corrected chi connectivity index (χ3v) is 5.22. The first kappa shape index (κ1) is 20.0. The van der Waals surface area contributed by atoms with E-state index in [0.29, 0.717) is 20.5 Å². The van der Waals surface area contributed by atoms with E-state index in [2.05, 4.69) is 10.2 Å². The Labute approximate surface area is 167 Å². The molecule has 0 bridgehead atoms. The van der Waals surface area contributed by atoms with Gasteiger partial charge in [-0.3, -0.25) is 9.69 Å². The number of halogens is 3. The normalized spacial score (nSPS) is 16.6. The lowest BCUT2D eigenvalue weighted by atomic mass is 10.1. The molecule has 3 rings (SSSR count). The fourth-order valence-corrected chi connectivity index (χ4v) is 3.44. The Hall–Kier alpha value is -2.72. The number of thioether (sulfide) groups is 1. The van der Waals surface area contributed by atoms with Gasteiger partial charge >= 0.3 is 6.18 Å². The van der Waals surface area contributed by atoms with E-state index in [1.165, 1.54) is 41.3 Å². The number of aromatic hydroxyl groups is 1. The molecule has 0 radical (unpaired) electrons. The Kier molecular flexibility index (Phi) is 5.52. The number of likely N-dealkylation sites (N-methyl/N-ethyl adjacent to an activating group) is 1. The molecular formula is C18H12F3N3O2S2. The van der Waals surface area contributed by atoms with Gasteiger partial charge in [-0.1, -0.05) is 30.0 Å². The molecule has 1 aliphatic heterocycles. The van der Waals surface area contributed by atoms with Crippen LogP contribution in [0.5, 0.6) is 5.75 Å². The second-order valence-electron chi connectivity index (χ2n) is 5.73. The van der Waals surface area contributed by atoms with Crippen LogP contribution in [-0.2, 0) is 11.0 Å². The monoisotopic (exact) mass is 423 g/mol. The van der Waals surface area contributed by atoms with Gasteiger partial charge in [-0.25, -0.2) is 0 Å². The van der Waals surface area contributed by atoms with E-state index in [0.717, 1.165) is 23.9 Å². The lowest BCUT2D eigenvalue weighted by molar-refractivity contribution is -0.137. The molecule has 0 saturated carbocycles. The van der Waals surface area contributed by atoms with Crippen molar-refractivity contribution in [3.63, 3.8) is 0 Å². The fraction of sp³-hybridized carbons (Fsp3) is 0.111. The van der Waals surface area contributed by atoms with Gasteiger partial charge in [0, 0.05) is 12.6 Å². The summed E-state index contributed by atoms with van der Waals surface area (Å²) >= 11 is 6.16. The Morgan fingerprint density at radius 1 is 1.14 bits per heavy atom. The lowest BCUT2D eigenvalue weighted by Crippen LogP contribution is -2.22. The largest absolute Gasteiger partial charge is 0.507 e. The predicted molar refractivity (Wildman–Crippen MR) is 105 cm³/mol. The van der Waals surface area contributed by atoms with E-state index >= 15 is 0 Å². The summed E-state index contributed by atoms with van der Waals surface area (Å²) < 4.78 is 38.7. The van der Waals surface area contributed by atoms with Crippen LogP contribution < -0.4 is 0 Å². The van der Waals surface area contributed by atoms with Gasteiger partial charge < -0.3 is 5.11 Å². The van der Waals surface area contributed by atoms with E-state index in [1.54, 1.807) is 7.05 Å². The fourth-order valence-electron chi connectivity index (χ4n) is 2.27. The number of hydrogen-bond donors (Lipinski definition) is 1. The molecule has 0 spiro atoms. The standard InChI is InChI=1S/C18H12F3N3O2S2/c1-24-16(26)15(28-17(24)27)8-10-7-13(5-6-14(10)25)23-22-12-4-2-3-11(9-12)18(19,20)21/h2-9,25H,1H3. The number of phenols is 1. The lowest BCUT2D eigenvalue weighted by Gasteiger charge is -2.06. The zero-order chi connectivity index (χ0) is 20.5. The van der Waals surface area contributed by atoms with Crippen LogP contribution in [0.2, 0.25) is 0 Å². The molecule has 1 heterocycles. The van der Waals surface area contributed by atoms with Crippen molar-refractivity contribution in [1.82, 2.24) is 4.90 Å². The van der Waals surface area contributed by atoms with Crippen LogP contribution >= 0.6 is 24.0 Å². The van der Waals surface area contributed by atoms with E-state index in [9.17, 15) is 23.1 Å². The summed E-state index contributed by atoms with van der Waals surface area (Å²) in [5.41, 5.74) is -0.170. The van der Waals surface area contributed by atoms with Gasteiger partial charge in [0.25, 0.3) is 5.91 Å². The second kappa shape index (κ2) is 7.72. The smallest absolute Gasteiger partial charge is 0.416 e. The molecule has 2 aromatic carbocycles. The summed E-state index contributed by atoms with van der Waals surface area (Å²) in [6, 6.07) is 8.75. The van der Waals surface area contributed by atoms with Crippen molar-refractivity contribution in [2.24, 2.45) is 10.2 Å². The van der Waals surface area contributed by atoms with Gasteiger partial charge in [0.05, 0.1) is 21.8 Å². The quantitative estimate of drug-likeness (QED) is 0.393. The first-order valence-corrected chi connectivity index (χ1v) is 9.01. The number of hydrogen-bond acceptors (Lipinski definition) is 6. The Morgan fingerprint density at radius 3 is 2.43 bits per heavy atom. The number of phenolic OH excluding ortho intramolecular Hbond substituents is 1. The maximum absolute atomic E-state index is 12.8. The number of alkyl halides is 3. The molecule has 1 amide bonds. The third-order valence-electron chi connectivity index (χ3n) is 3.74. The average molecular weight is 423 g/mol. The molecular weight excluding hydrogens is 411 g/mol. The molecule has 5 nitrogen and oxygen atoms in total. The number of carbonyl (C=O) groups excluding carboxylic acids is 1. The van der Waals surface area contributed by atoms with Crippen molar-refractivity contribution in [2.75, 3.05) is 7.05 Å². The van der Waals surface area contributed by atoms with Crippen LogP contribution in [0.1, 0.15) is 11.1 Å². The zero-order valence-electron chi connectivity index (χ0n) is 14.3. The third kappa shape index (κ3) is 4.39. The van der Waals surface area contributed by atoms with Crippen molar-refractivity contribution in [3.8, 4) is 5.75 Å². The van der Waals surface area contributed by atoms with Crippen molar-refractivity contribution < 1.29 is 23.1 Å². The molecule has 0 atom stereocenters. The zero-order valence-corrected chi connectivity index (χ0v) is 15.9. The van der Waals surface area contributed by atoms with Gasteiger partial charge in [-0.15, -0.1) is 0 Å². The first-order valence-electron chi connectivity index (χ1n) is 7.79. The minimum atomic E-state index is -4.47. The minimum absolute atomic E-state index is 0.0382. The summed E-state index contributed by atoms with van der Waals surface area (Å²) in [5.74, 6) is -0.371. The van der Waals surface area contributed by atoms with E-state index in [1.807, 2.05) is 0 Å². The molecule has 28 heavy (non-hydrogen) atoms. The molecule has 1 aliphatic rings. The highest BCUT2D eigenvalue weighted by atomic mass is 32.2. The molecule has 0 aliphatic carbocycles. The topological polar surface area (TPSA) is 65.3 Å². The summed E-state index contributed by atoms with van der Waals surface area (Å²) in [6.07, 6.45) is -3.00. The van der Waals surface area contributed by atoms with Gasteiger partial charge in [0.15, 0.2) is 0 Å². The Morgan fingerprint density at radius 2 is 1.82 bits per heavy atom. The maximum atomic E-state index is 12.8. The van der Waals surface area contributed by atoms with Crippen molar-refractivity contribution in [3.05, 3.63) is 58.5 Å². The van der Waals surface area contributed by atoms with Gasteiger partial charge in [-0.2, -0.15) is 23.4 Å². The SMILES string of the molecule is CN1C(=O)C(=Cc2cc(N=Nc3cccc(C(F)(F)F)c3)ccc2O)SC1=S. The average Bonchev–Trinajstić information content (AvgIpc) is 2.89. The summed E-state index contributed by atoms with van der Waals surface area (Å²) in [7, 11) is 1.55. The molecule has 144 valence electrons. The second-order valence-corrected chi connectivity index (χ2v) is 7.41. The van der Waals surface area contributed by atoms with Crippen LogP contribution in [-0.4, -0.2) is 27.3 Å². The molecule has 0 unspecified atom stereocenters. The molecule has 10 heteroatoms. The number of rotatable bonds is 3. The molecule has 1 N–H and O–H groups in total. The number of nitrogens with zero attached hydrogens (tertiary/aromatic N) is 3. The van der Waals surface area contributed by atoms with E-state index < -0.39 is 11.7 Å². The van der Waals surface area contributed by atoms with Crippen LogP contribution in [0.4, 0.5) is 24.5 Å². The highest BCUT2D eigenvalue weighted by molar-refractivity contribution is 8.26. The van der Waals surface area contributed by atoms with Crippen molar-refractivity contribution in [1.29, 1.82) is 0 Å². The Balaban J connectivity index is 1.87. The number of amides is 1. The minimum Gasteiger partial charge on any atom is -0.507 e. The van der Waals surface area contributed by atoms with Crippen LogP contribution in [0, 0.1) is 0 Å². The number of thiocarbonyl (C=S) groups is 1. The van der Waals surface area contributed by atoms with Crippen LogP contribution in [0.3, 0.4) is 0 Å². The first-order chi connectivity index (χ1) is 13.1. The summed E-state index contributed by atoms with van der Waals surface area (Å²) in [4.78, 5) is 13.7. The molecule has 0 aromatic heterocycles. The summed E-state index contributed by atoms with van der Waals surface area (Å²) in [5, 5.41) is 17.7. The number of benzene rings is 2. The van der Waals surface area contributed by atoms with Crippen molar-refractivity contribution >= 4 is 51.7 Å². The van der Waals surface area contributed by atoms with Gasteiger partial charge in [0.2, 0.25) is 0 Å². The summed E-state index contributed by atoms with van der Waals surface area (Å²) in [6.45, 7) is 0. The number of azo groups is 1. The van der Waals surface area contributed by atoms with Crippen molar-refractivity contribution in [2.45, 2.75) is 6.18 Å². The maximum Gasteiger partial charge on any atom is 0.416 e. The van der Waals surface area contributed by atoms with Crippen LogP contribution in [0.25, 0.3) is 6.08 Å². The number of carbonyl (C=O) groups is 1. The highest BCUT2D eigenvalue weighted by Gasteiger charge is 2.30. The van der Waals surface area contributed by atoms with Crippen LogP contribution in [0.15, 0.2) is 57.6 Å². The van der Waals surface area contributed by atoms with Gasteiger partial charge in [-0.05, 0) is 42.5 Å².